The van der Waals surface area contributed by atoms with Crippen LogP contribution in [-0.4, -0.2) is 267 Å². The lowest BCUT2D eigenvalue weighted by molar-refractivity contribution is -0.127. The summed E-state index contributed by atoms with van der Waals surface area (Å²) in [6.45, 7) is 15.8. The van der Waals surface area contributed by atoms with Crippen molar-refractivity contribution >= 4 is 46.3 Å². The molecule has 4 N–H and O–H groups in total. The highest BCUT2D eigenvalue weighted by Crippen LogP contribution is 2.58. The van der Waals surface area contributed by atoms with Crippen molar-refractivity contribution in [2.45, 2.75) is 71.1 Å². The van der Waals surface area contributed by atoms with Gasteiger partial charge >= 0.3 is 0 Å². The fourth-order valence-electron chi connectivity index (χ4n) is 11.5. The molecule has 506 valence electrons. The van der Waals surface area contributed by atoms with Gasteiger partial charge < -0.3 is 78.0 Å². The van der Waals surface area contributed by atoms with Crippen LogP contribution in [-0.2, 0) is 65.4 Å². The summed E-state index contributed by atoms with van der Waals surface area (Å²) < 4.78 is 53.1. The van der Waals surface area contributed by atoms with Crippen molar-refractivity contribution in [3.63, 3.8) is 0 Å². The first-order chi connectivity index (χ1) is 45.5. The van der Waals surface area contributed by atoms with Crippen LogP contribution in [0.15, 0.2) is 60.8 Å². The lowest BCUT2D eigenvalue weighted by atomic mass is 9.88. The topological polar surface area (TPSA) is 336 Å². The Morgan fingerprint density at radius 1 is 0.806 bits per heavy atom. The second-order valence-corrected chi connectivity index (χ2v) is 22.9. The zero-order valence-corrected chi connectivity index (χ0v) is 53.6. The molecule has 1 aromatic carbocycles. The molecule has 3 aliphatic rings. The Labute approximate surface area is 541 Å². The number of aliphatic hydroxyl groups is 1. The number of rotatable bonds is 45. The molecule has 3 amide bonds. The normalized spacial score (nSPS) is 17.1. The number of methoxy groups -OCH3 is 1. The molecule has 2 aliphatic heterocycles. The molecule has 2 saturated heterocycles. The van der Waals surface area contributed by atoms with Crippen LogP contribution >= 0.6 is 0 Å². The molecular weight excluding hydrogens is 1200 g/mol. The largest absolute Gasteiger partial charge is 0.494 e. The lowest BCUT2D eigenvalue weighted by Crippen LogP contribution is -2.48. The van der Waals surface area contributed by atoms with Crippen molar-refractivity contribution in [2.75, 3.05) is 172 Å². The number of aromatic nitrogens is 8. The number of nitrogens with one attached hydrogen (secondary N) is 3. The number of benzene rings is 1. The van der Waals surface area contributed by atoms with Crippen LogP contribution in [0, 0.1) is 22.7 Å². The highest BCUT2D eigenvalue weighted by molar-refractivity contribution is 6.45. The molecule has 29 heteroatoms. The van der Waals surface area contributed by atoms with Crippen LogP contribution in [0.3, 0.4) is 0 Å². The second-order valence-electron chi connectivity index (χ2n) is 22.9. The fourth-order valence-corrected chi connectivity index (χ4v) is 11.5. The molecule has 0 radical (unpaired) electrons. The number of nitriles is 1. The van der Waals surface area contributed by atoms with Gasteiger partial charge in [0.1, 0.15) is 24.1 Å². The molecule has 1 aliphatic carbocycles. The number of carbonyl (C=O) groups is 5. The minimum atomic E-state index is -0.741. The van der Waals surface area contributed by atoms with E-state index in [4.69, 9.17) is 42.6 Å². The number of piperazine rings is 1. The Hall–Kier alpha value is -7.47. The fraction of sp³-hybridized carbons (Fsp3) is 0.609. The first kappa shape index (κ1) is 71.4. The summed E-state index contributed by atoms with van der Waals surface area (Å²) in [6.07, 6.45) is 10.7. The minimum absolute atomic E-state index is 0.0147. The maximum atomic E-state index is 13.9. The number of ketones is 1. The SMILES string of the molecule is COc1cnc(-n2cnc(C(=O)N[C@H](CO)C3(CCCNC(=O)CCN4CCN(CCOCCOCCOCCOCc5cn(CCOCCOCCOCCOCCC=O)nn5)CC4)CC3C)n2)c2[nH]cc(C(=O)C(=O)N3CCC(=C(C#N)c4ccccc4)CC3)c12. The number of piperidine rings is 1. The number of Topliss-reactive ketones (excluding diaryl/α,β-unsaturated/α-hetero) is 1. The van der Waals surface area contributed by atoms with Crippen molar-refractivity contribution in [3.05, 3.63) is 83.5 Å². The molecule has 29 nitrogen and oxygen atoms in total. The van der Waals surface area contributed by atoms with Gasteiger partial charge in [0.2, 0.25) is 11.7 Å². The third kappa shape index (κ3) is 21.8. The van der Waals surface area contributed by atoms with E-state index < -0.39 is 23.6 Å². The van der Waals surface area contributed by atoms with Gasteiger partial charge in [-0.3, -0.25) is 24.1 Å². The zero-order valence-electron chi connectivity index (χ0n) is 53.6. The average Bonchev–Trinajstić information content (AvgIpc) is 1.62. The van der Waals surface area contributed by atoms with Gasteiger partial charge in [0.15, 0.2) is 5.82 Å². The molecule has 0 bridgehead atoms. The van der Waals surface area contributed by atoms with E-state index in [9.17, 15) is 34.3 Å². The number of amides is 3. The maximum Gasteiger partial charge on any atom is 0.295 e. The Balaban J connectivity index is 0.628. The number of carbonyl (C=O) groups excluding carboxylic acids is 5. The number of hydrogen-bond acceptors (Lipinski definition) is 23. The summed E-state index contributed by atoms with van der Waals surface area (Å²) in [6, 6.07) is 11.1. The van der Waals surface area contributed by atoms with Crippen LogP contribution in [0.25, 0.3) is 22.3 Å². The molecule has 8 rings (SSSR count). The molecule has 3 atom stereocenters. The Morgan fingerprint density at radius 2 is 1.42 bits per heavy atom. The van der Waals surface area contributed by atoms with E-state index in [1.54, 1.807) is 4.68 Å². The summed E-state index contributed by atoms with van der Waals surface area (Å²) in [7, 11) is 1.43. The number of nitrogens with zero attached hydrogens (tertiary/aromatic N) is 11. The molecule has 3 fully saturated rings. The van der Waals surface area contributed by atoms with Crippen LogP contribution < -0.4 is 15.4 Å². The predicted octanol–water partition coefficient (Wildman–Crippen LogP) is 2.47. The monoisotopic (exact) mass is 1290 g/mol. The summed E-state index contributed by atoms with van der Waals surface area (Å²) in [4.78, 5) is 82.5. The van der Waals surface area contributed by atoms with Gasteiger partial charge in [0, 0.05) is 77.9 Å². The number of pyridine rings is 1. The molecule has 0 spiro atoms. The van der Waals surface area contributed by atoms with E-state index in [0.29, 0.717) is 180 Å². The van der Waals surface area contributed by atoms with Crippen LogP contribution in [0.4, 0.5) is 0 Å². The first-order valence-electron chi connectivity index (χ1n) is 32.1. The molecule has 1 saturated carbocycles. The van der Waals surface area contributed by atoms with E-state index in [1.165, 1.54) is 35.4 Å². The van der Waals surface area contributed by atoms with Gasteiger partial charge in [0.05, 0.1) is 173 Å². The maximum absolute atomic E-state index is 13.9. The van der Waals surface area contributed by atoms with Crippen molar-refractivity contribution in [1.82, 2.24) is 65.1 Å². The molecule has 5 aromatic rings. The van der Waals surface area contributed by atoms with E-state index >= 15 is 0 Å². The Morgan fingerprint density at radius 3 is 2.03 bits per heavy atom. The third-order valence-electron chi connectivity index (χ3n) is 16.8. The number of hydrogen-bond donors (Lipinski definition) is 4. The minimum Gasteiger partial charge on any atom is -0.494 e. The van der Waals surface area contributed by atoms with Gasteiger partial charge in [-0.15, -0.1) is 10.2 Å². The number of likely N-dealkylation sites (tertiary alicyclic amines) is 1. The van der Waals surface area contributed by atoms with Gasteiger partial charge in [0.25, 0.3) is 17.6 Å². The number of allylic oxidation sites excluding steroid dienone is 1. The predicted molar refractivity (Wildman–Crippen MR) is 337 cm³/mol. The van der Waals surface area contributed by atoms with Gasteiger partial charge in [-0.05, 0) is 54.6 Å². The smallest absolute Gasteiger partial charge is 0.295 e. The van der Waals surface area contributed by atoms with Crippen molar-refractivity contribution < 1.29 is 71.7 Å². The van der Waals surface area contributed by atoms with E-state index in [0.717, 1.165) is 62.3 Å². The van der Waals surface area contributed by atoms with Crippen LogP contribution in [0.1, 0.15) is 84.1 Å². The Kier molecular flexibility index (Phi) is 29.7. The molecule has 4 aromatic heterocycles. The summed E-state index contributed by atoms with van der Waals surface area (Å²) >= 11 is 0. The van der Waals surface area contributed by atoms with Gasteiger partial charge in [-0.2, -0.15) is 9.94 Å². The van der Waals surface area contributed by atoms with Gasteiger partial charge in [-0.1, -0.05) is 42.5 Å². The van der Waals surface area contributed by atoms with Gasteiger partial charge in [-0.25, -0.2) is 14.6 Å². The number of H-pyrrole nitrogens is 1. The van der Waals surface area contributed by atoms with E-state index in [1.807, 2.05) is 36.5 Å². The van der Waals surface area contributed by atoms with Crippen LogP contribution in [0.2, 0.25) is 0 Å². The summed E-state index contributed by atoms with van der Waals surface area (Å²) in [5.41, 5.74) is 3.11. The number of aldehydes is 1. The number of aliphatic hydroxyl groups excluding tert-OH is 1. The first-order valence-corrected chi connectivity index (χ1v) is 32.1. The van der Waals surface area contributed by atoms with Crippen LogP contribution in [0.5, 0.6) is 5.75 Å². The summed E-state index contributed by atoms with van der Waals surface area (Å²) in [5, 5.41) is 39.6. The highest BCUT2D eigenvalue weighted by atomic mass is 16.6. The quantitative estimate of drug-likeness (QED) is 0.0143. The highest BCUT2D eigenvalue weighted by Gasteiger charge is 2.56. The lowest BCUT2D eigenvalue weighted by Gasteiger charge is -2.34. The number of fused-ring (bicyclic) bond motifs is 1. The number of ether oxygens (including phenoxy) is 9. The van der Waals surface area contributed by atoms with Crippen molar-refractivity contribution in [1.29, 1.82) is 5.26 Å². The molecular formula is C64H90N14O15. The average molecular weight is 1300 g/mol. The standard InChI is InChI=1S/C64H90N14O15/c1-48-40-64(48,55(45-80)70-62(83)60-69-47-78(72-60)61-58-57(54(85-2)43-68-61)53(42-67-58)59(82)63(84)76-16-10-50(11-17-76)52(41-65)49-8-4-3-5-9-49)13-6-14-66-56(81)12-15-74-18-20-75(21-19-74)22-26-87-29-32-90-36-37-92-38-39-93-46-51-44-77(73-71-51)23-27-88-30-33-91-35-34-89-31-28-86-25-7-24-79/h3-5,8-9,24,42-44,47-48,55,67,80H,6-7,10-23,25-40,45-46H2,1-2H3,(H,66,81)(H,70,83)/t48?,55-,64?/m1/s1. The zero-order chi connectivity index (χ0) is 65.5. The van der Waals surface area contributed by atoms with Crippen molar-refractivity contribution in [3.8, 4) is 17.6 Å². The summed E-state index contributed by atoms with van der Waals surface area (Å²) in [5.74, 6) is -1.51. The second kappa shape index (κ2) is 38.7. The van der Waals surface area contributed by atoms with E-state index in [2.05, 4.69) is 63.8 Å². The molecule has 6 heterocycles. The Bertz CT molecular complexity index is 3190. The number of aromatic amines is 1. The van der Waals surface area contributed by atoms with Crippen molar-refractivity contribution in [2.24, 2.45) is 11.3 Å². The molecule has 93 heavy (non-hydrogen) atoms. The molecule has 2 unspecified atom stereocenters. The van der Waals surface area contributed by atoms with E-state index in [-0.39, 0.29) is 59.9 Å². The third-order valence-corrected chi connectivity index (χ3v) is 16.8.